The fourth-order valence-corrected chi connectivity index (χ4v) is 2.61. The minimum absolute atomic E-state index is 0. The van der Waals surface area contributed by atoms with Crippen molar-refractivity contribution < 1.29 is 4.79 Å². The molecule has 0 saturated carbocycles. The van der Waals surface area contributed by atoms with Crippen LogP contribution in [-0.2, 0) is 11.3 Å². The van der Waals surface area contributed by atoms with Crippen LogP contribution in [-0.4, -0.2) is 42.9 Å². The molecule has 0 aliphatic carbocycles. The molecule has 1 aromatic carbocycles. The van der Waals surface area contributed by atoms with Crippen molar-refractivity contribution in [3.05, 3.63) is 35.9 Å². The summed E-state index contributed by atoms with van der Waals surface area (Å²) >= 11 is 0. The van der Waals surface area contributed by atoms with Gasteiger partial charge in [-0.2, -0.15) is 0 Å². The van der Waals surface area contributed by atoms with Gasteiger partial charge in [0.05, 0.1) is 0 Å². The van der Waals surface area contributed by atoms with Gasteiger partial charge in [-0.05, 0) is 12.0 Å². The molecule has 1 aliphatic rings. The number of amides is 1. The fraction of sp³-hybridized carbons (Fsp3) is 0.529. The number of carbonyl (C=O) groups excluding carboxylic acids is 1. The van der Waals surface area contributed by atoms with Crippen LogP contribution in [0.2, 0.25) is 0 Å². The van der Waals surface area contributed by atoms with Crippen molar-refractivity contribution >= 4 is 35.8 Å². The molecule has 1 amide bonds. The van der Waals surface area contributed by atoms with Gasteiger partial charge in [0, 0.05) is 38.6 Å². The minimum atomic E-state index is 0. The number of halogens is 1. The molecule has 1 saturated heterocycles. The van der Waals surface area contributed by atoms with Gasteiger partial charge in [0.2, 0.25) is 5.91 Å². The van der Waals surface area contributed by atoms with Crippen molar-refractivity contribution in [2.24, 2.45) is 10.9 Å². The number of nitrogens with zero attached hydrogens (tertiary/aromatic N) is 2. The molecule has 0 aromatic heterocycles. The Bertz CT molecular complexity index is 519. The zero-order chi connectivity index (χ0) is 15.9. The van der Waals surface area contributed by atoms with Crippen molar-refractivity contribution in [2.45, 2.75) is 32.9 Å². The molecule has 0 radical (unpaired) electrons. The van der Waals surface area contributed by atoms with Crippen molar-refractivity contribution in [3.8, 4) is 0 Å². The van der Waals surface area contributed by atoms with E-state index < -0.39 is 0 Å². The largest absolute Gasteiger partial charge is 0.352 e. The third-order valence-corrected chi connectivity index (χ3v) is 3.86. The molecule has 5 nitrogen and oxygen atoms in total. The van der Waals surface area contributed by atoms with E-state index in [0.29, 0.717) is 0 Å². The second-order valence-corrected chi connectivity index (χ2v) is 5.98. The van der Waals surface area contributed by atoms with E-state index in [1.54, 1.807) is 7.05 Å². The Hall–Kier alpha value is -1.31. The van der Waals surface area contributed by atoms with Crippen LogP contribution < -0.4 is 10.6 Å². The number of nitrogens with one attached hydrogen (secondary N) is 2. The molecule has 1 fully saturated rings. The lowest BCUT2D eigenvalue weighted by atomic mass is 10.2. The molecule has 2 N–H and O–H groups in total. The van der Waals surface area contributed by atoms with E-state index in [1.807, 2.05) is 36.9 Å². The zero-order valence-corrected chi connectivity index (χ0v) is 16.4. The van der Waals surface area contributed by atoms with Gasteiger partial charge in [-0.3, -0.25) is 9.79 Å². The van der Waals surface area contributed by atoms with Crippen LogP contribution in [0.5, 0.6) is 0 Å². The van der Waals surface area contributed by atoms with Crippen LogP contribution in [0.1, 0.15) is 25.8 Å². The SMILES string of the molecule is CN=C(NCc1ccccc1)NC1CCN(C(=O)C(C)C)C1.I. The number of benzene rings is 1. The minimum Gasteiger partial charge on any atom is -0.352 e. The van der Waals surface area contributed by atoms with E-state index >= 15 is 0 Å². The molecule has 1 heterocycles. The summed E-state index contributed by atoms with van der Waals surface area (Å²) in [6, 6.07) is 10.5. The predicted molar refractivity (Wildman–Crippen MR) is 105 cm³/mol. The maximum absolute atomic E-state index is 12.0. The van der Waals surface area contributed by atoms with Crippen LogP contribution in [0.3, 0.4) is 0 Å². The molecular formula is C17H27IN4O. The Kier molecular flexibility index (Phi) is 8.36. The number of guanidine groups is 1. The van der Waals surface area contributed by atoms with Crippen LogP contribution in [0, 0.1) is 5.92 Å². The summed E-state index contributed by atoms with van der Waals surface area (Å²) in [5, 5.41) is 6.72. The molecule has 1 unspecified atom stereocenters. The van der Waals surface area contributed by atoms with Crippen LogP contribution in [0.25, 0.3) is 0 Å². The van der Waals surface area contributed by atoms with Crippen molar-refractivity contribution in [1.82, 2.24) is 15.5 Å². The molecule has 0 spiro atoms. The average Bonchev–Trinajstić information content (AvgIpc) is 3.00. The number of likely N-dealkylation sites (tertiary alicyclic amines) is 1. The monoisotopic (exact) mass is 430 g/mol. The maximum Gasteiger partial charge on any atom is 0.225 e. The van der Waals surface area contributed by atoms with Gasteiger partial charge < -0.3 is 15.5 Å². The Labute approximate surface area is 156 Å². The van der Waals surface area contributed by atoms with Gasteiger partial charge in [-0.25, -0.2) is 0 Å². The summed E-state index contributed by atoms with van der Waals surface area (Å²) in [5.74, 6) is 1.08. The van der Waals surface area contributed by atoms with Gasteiger partial charge >= 0.3 is 0 Å². The van der Waals surface area contributed by atoms with E-state index in [2.05, 4.69) is 27.8 Å². The van der Waals surface area contributed by atoms with E-state index in [4.69, 9.17) is 0 Å². The molecule has 2 rings (SSSR count). The Balaban J connectivity index is 0.00000264. The molecule has 23 heavy (non-hydrogen) atoms. The standard InChI is InChI=1S/C17H26N4O.HI/c1-13(2)16(22)21-10-9-15(12-21)20-17(18-3)19-11-14-7-5-4-6-8-14;/h4-8,13,15H,9-12H2,1-3H3,(H2,18,19,20);1H. The lowest BCUT2D eigenvalue weighted by Crippen LogP contribution is -2.45. The average molecular weight is 430 g/mol. The predicted octanol–water partition coefficient (Wildman–Crippen LogP) is 2.23. The molecule has 1 aromatic rings. The van der Waals surface area contributed by atoms with Gasteiger partial charge in [0.25, 0.3) is 0 Å². The third-order valence-electron chi connectivity index (χ3n) is 3.86. The highest BCUT2D eigenvalue weighted by molar-refractivity contribution is 14.0. The summed E-state index contributed by atoms with van der Waals surface area (Å²) in [6.07, 6.45) is 0.963. The normalized spacial score (nSPS) is 17.8. The Morgan fingerprint density at radius 1 is 1.35 bits per heavy atom. The Morgan fingerprint density at radius 3 is 2.65 bits per heavy atom. The van der Waals surface area contributed by atoms with Gasteiger partial charge in [0.1, 0.15) is 0 Å². The van der Waals surface area contributed by atoms with E-state index in [1.165, 1.54) is 5.56 Å². The van der Waals surface area contributed by atoms with Gasteiger partial charge in [-0.15, -0.1) is 24.0 Å². The number of rotatable bonds is 4. The number of aliphatic imine (C=N–C) groups is 1. The quantitative estimate of drug-likeness (QED) is 0.438. The number of carbonyl (C=O) groups is 1. The first-order chi connectivity index (χ1) is 10.6. The molecule has 128 valence electrons. The van der Waals surface area contributed by atoms with Gasteiger partial charge in [-0.1, -0.05) is 44.2 Å². The highest BCUT2D eigenvalue weighted by Crippen LogP contribution is 2.12. The van der Waals surface area contributed by atoms with Crippen LogP contribution in [0.15, 0.2) is 35.3 Å². The summed E-state index contributed by atoms with van der Waals surface area (Å²) in [4.78, 5) is 18.2. The Morgan fingerprint density at radius 2 is 2.04 bits per heavy atom. The van der Waals surface area contributed by atoms with E-state index in [9.17, 15) is 4.79 Å². The second-order valence-electron chi connectivity index (χ2n) is 5.98. The molecule has 6 heteroatoms. The van der Waals surface area contributed by atoms with E-state index in [0.717, 1.165) is 32.0 Å². The lowest BCUT2D eigenvalue weighted by molar-refractivity contribution is -0.133. The first-order valence-corrected chi connectivity index (χ1v) is 7.90. The summed E-state index contributed by atoms with van der Waals surface area (Å²) < 4.78 is 0. The van der Waals surface area contributed by atoms with Gasteiger partial charge in [0.15, 0.2) is 5.96 Å². The topological polar surface area (TPSA) is 56.7 Å². The van der Waals surface area contributed by atoms with Crippen molar-refractivity contribution in [1.29, 1.82) is 0 Å². The molecule has 1 aliphatic heterocycles. The third kappa shape index (κ3) is 6.01. The summed E-state index contributed by atoms with van der Waals surface area (Å²) in [6.45, 7) is 6.21. The summed E-state index contributed by atoms with van der Waals surface area (Å²) in [5.41, 5.74) is 1.22. The highest BCUT2D eigenvalue weighted by Gasteiger charge is 2.27. The number of hydrogen-bond acceptors (Lipinski definition) is 2. The summed E-state index contributed by atoms with van der Waals surface area (Å²) in [7, 11) is 1.77. The first kappa shape index (κ1) is 19.7. The molecular weight excluding hydrogens is 403 g/mol. The smallest absolute Gasteiger partial charge is 0.225 e. The molecule has 1 atom stereocenters. The highest BCUT2D eigenvalue weighted by atomic mass is 127. The van der Waals surface area contributed by atoms with Crippen molar-refractivity contribution in [3.63, 3.8) is 0 Å². The van der Waals surface area contributed by atoms with Crippen LogP contribution >= 0.6 is 24.0 Å². The van der Waals surface area contributed by atoms with E-state index in [-0.39, 0.29) is 41.8 Å². The zero-order valence-electron chi connectivity index (χ0n) is 14.1. The fourth-order valence-electron chi connectivity index (χ4n) is 2.61. The number of hydrogen-bond donors (Lipinski definition) is 2. The lowest BCUT2D eigenvalue weighted by Gasteiger charge is -2.20. The molecule has 0 bridgehead atoms. The second kappa shape index (κ2) is 9.75. The first-order valence-electron chi connectivity index (χ1n) is 7.90. The van der Waals surface area contributed by atoms with Crippen molar-refractivity contribution in [2.75, 3.05) is 20.1 Å². The maximum atomic E-state index is 12.0. The van der Waals surface area contributed by atoms with Crippen LogP contribution in [0.4, 0.5) is 0 Å².